The molecule has 1 aromatic carbocycles. The Morgan fingerprint density at radius 3 is 2.95 bits per heavy atom. The monoisotopic (exact) mass is 267 g/mol. The normalized spacial score (nSPS) is 26.6. The zero-order valence-corrected chi connectivity index (χ0v) is 11.6. The van der Waals surface area contributed by atoms with Gasteiger partial charge in [0.15, 0.2) is 0 Å². The number of ether oxygens (including phenoxy) is 1. The first-order chi connectivity index (χ1) is 9.08. The zero-order valence-electron chi connectivity index (χ0n) is 11.6. The fourth-order valence-electron chi connectivity index (χ4n) is 2.80. The van der Waals surface area contributed by atoms with Crippen molar-refractivity contribution in [2.24, 2.45) is 0 Å². The first-order valence-electron chi connectivity index (χ1n) is 6.87. The number of likely N-dealkylation sites (N-methyl/N-ethyl adjacent to an activating group) is 1. The molecule has 2 N–H and O–H groups in total. The van der Waals surface area contributed by atoms with Gasteiger partial charge in [0, 0.05) is 12.0 Å². The van der Waals surface area contributed by atoms with Crippen LogP contribution in [0, 0.1) is 12.7 Å². The van der Waals surface area contributed by atoms with Crippen LogP contribution in [-0.4, -0.2) is 29.9 Å². The third kappa shape index (κ3) is 3.25. The largest absolute Gasteiger partial charge is 0.490 e. The molecule has 2 rings (SSSR count). The molecule has 2 unspecified atom stereocenters. The summed E-state index contributed by atoms with van der Waals surface area (Å²) in [7, 11) is 0. The van der Waals surface area contributed by atoms with Gasteiger partial charge in [-0.3, -0.25) is 0 Å². The van der Waals surface area contributed by atoms with E-state index in [1.165, 1.54) is 6.07 Å². The van der Waals surface area contributed by atoms with Gasteiger partial charge in [-0.15, -0.1) is 0 Å². The standard InChI is InChI=1S/C15H22FNO2/c1-3-17-15(10-18)7-6-13(9-15)19-12-4-5-14(16)11(2)8-12/h4-5,8,13,17-18H,3,6-7,9-10H2,1-2H3. The van der Waals surface area contributed by atoms with E-state index in [2.05, 4.69) is 5.32 Å². The molecule has 106 valence electrons. The first-order valence-corrected chi connectivity index (χ1v) is 6.87. The molecule has 1 aromatic rings. The maximum atomic E-state index is 13.2. The molecule has 0 spiro atoms. The highest BCUT2D eigenvalue weighted by molar-refractivity contribution is 5.29. The summed E-state index contributed by atoms with van der Waals surface area (Å²) in [5, 5.41) is 12.9. The van der Waals surface area contributed by atoms with Crippen LogP contribution in [0.2, 0.25) is 0 Å². The lowest BCUT2D eigenvalue weighted by Gasteiger charge is -2.27. The van der Waals surface area contributed by atoms with E-state index in [1.54, 1.807) is 19.1 Å². The van der Waals surface area contributed by atoms with Gasteiger partial charge in [-0.25, -0.2) is 4.39 Å². The molecule has 0 aliphatic heterocycles. The van der Waals surface area contributed by atoms with E-state index in [0.29, 0.717) is 11.3 Å². The van der Waals surface area contributed by atoms with E-state index in [4.69, 9.17) is 4.74 Å². The van der Waals surface area contributed by atoms with Crippen LogP contribution in [0.5, 0.6) is 5.75 Å². The van der Waals surface area contributed by atoms with Gasteiger partial charge in [0.2, 0.25) is 0 Å². The number of rotatable bonds is 5. The minimum Gasteiger partial charge on any atom is -0.490 e. The lowest BCUT2D eigenvalue weighted by Crippen LogP contribution is -2.46. The molecule has 1 aliphatic rings. The quantitative estimate of drug-likeness (QED) is 0.861. The average Bonchev–Trinajstić information content (AvgIpc) is 2.78. The summed E-state index contributed by atoms with van der Waals surface area (Å²) in [4.78, 5) is 0. The molecule has 3 nitrogen and oxygen atoms in total. The first kappa shape index (κ1) is 14.3. The molecule has 1 fully saturated rings. The van der Waals surface area contributed by atoms with E-state index in [0.717, 1.165) is 25.8 Å². The molecule has 4 heteroatoms. The van der Waals surface area contributed by atoms with Crippen LogP contribution in [-0.2, 0) is 0 Å². The molecule has 0 amide bonds. The Morgan fingerprint density at radius 1 is 1.53 bits per heavy atom. The van der Waals surface area contributed by atoms with Crippen molar-refractivity contribution in [3.63, 3.8) is 0 Å². The molecule has 0 bridgehead atoms. The molecular formula is C15H22FNO2. The Hall–Kier alpha value is -1.13. The van der Waals surface area contributed by atoms with Crippen LogP contribution in [0.15, 0.2) is 18.2 Å². The molecular weight excluding hydrogens is 245 g/mol. The Balaban J connectivity index is 1.99. The molecule has 0 radical (unpaired) electrons. The molecule has 0 heterocycles. The summed E-state index contributed by atoms with van der Waals surface area (Å²) < 4.78 is 19.1. The number of hydrogen-bond donors (Lipinski definition) is 2. The van der Waals surface area contributed by atoms with Crippen molar-refractivity contribution in [2.45, 2.75) is 44.8 Å². The second-order valence-corrected chi connectivity index (χ2v) is 5.36. The van der Waals surface area contributed by atoms with Gasteiger partial charge in [-0.05, 0) is 50.1 Å². The lowest BCUT2D eigenvalue weighted by atomic mass is 9.99. The van der Waals surface area contributed by atoms with Gasteiger partial charge < -0.3 is 15.2 Å². The number of halogens is 1. The fourth-order valence-corrected chi connectivity index (χ4v) is 2.80. The zero-order chi connectivity index (χ0) is 13.9. The number of benzene rings is 1. The summed E-state index contributed by atoms with van der Waals surface area (Å²) >= 11 is 0. The van der Waals surface area contributed by atoms with Crippen molar-refractivity contribution in [3.8, 4) is 5.75 Å². The Labute approximate surface area is 113 Å². The second kappa shape index (κ2) is 5.88. The molecule has 0 saturated heterocycles. The van der Waals surface area contributed by atoms with Gasteiger partial charge in [0.05, 0.1) is 6.61 Å². The maximum absolute atomic E-state index is 13.2. The van der Waals surface area contributed by atoms with Crippen molar-refractivity contribution >= 4 is 0 Å². The van der Waals surface area contributed by atoms with E-state index < -0.39 is 0 Å². The molecule has 1 aliphatic carbocycles. The lowest BCUT2D eigenvalue weighted by molar-refractivity contribution is 0.142. The van der Waals surface area contributed by atoms with Gasteiger partial charge in [0.25, 0.3) is 0 Å². The van der Waals surface area contributed by atoms with Gasteiger partial charge in [-0.2, -0.15) is 0 Å². The van der Waals surface area contributed by atoms with Crippen molar-refractivity contribution in [3.05, 3.63) is 29.6 Å². The SMILES string of the molecule is CCNC1(CO)CCC(Oc2ccc(F)c(C)c2)C1. The second-order valence-electron chi connectivity index (χ2n) is 5.36. The van der Waals surface area contributed by atoms with Crippen LogP contribution in [0.4, 0.5) is 4.39 Å². The van der Waals surface area contributed by atoms with Gasteiger partial charge in [-0.1, -0.05) is 6.92 Å². The Morgan fingerprint density at radius 2 is 2.32 bits per heavy atom. The third-order valence-corrected chi connectivity index (χ3v) is 3.85. The van der Waals surface area contributed by atoms with E-state index in [-0.39, 0.29) is 24.1 Å². The number of hydrogen-bond acceptors (Lipinski definition) is 3. The maximum Gasteiger partial charge on any atom is 0.126 e. The van der Waals surface area contributed by atoms with Crippen LogP contribution >= 0.6 is 0 Å². The summed E-state index contributed by atoms with van der Waals surface area (Å²) in [5.74, 6) is 0.491. The van der Waals surface area contributed by atoms with Crippen molar-refractivity contribution < 1.29 is 14.2 Å². The van der Waals surface area contributed by atoms with Crippen molar-refractivity contribution in [1.29, 1.82) is 0 Å². The van der Waals surface area contributed by atoms with Crippen LogP contribution in [0.1, 0.15) is 31.7 Å². The Kier molecular flexibility index (Phi) is 4.42. The third-order valence-electron chi connectivity index (χ3n) is 3.85. The highest BCUT2D eigenvalue weighted by Gasteiger charge is 2.39. The van der Waals surface area contributed by atoms with Crippen LogP contribution in [0.25, 0.3) is 0 Å². The average molecular weight is 267 g/mol. The summed E-state index contributed by atoms with van der Waals surface area (Å²) in [6, 6.07) is 4.82. The Bertz CT molecular complexity index is 438. The minimum absolute atomic E-state index is 0.0797. The molecule has 0 aromatic heterocycles. The number of aliphatic hydroxyl groups excluding tert-OH is 1. The highest BCUT2D eigenvalue weighted by atomic mass is 19.1. The van der Waals surface area contributed by atoms with Crippen molar-refractivity contribution in [2.75, 3.05) is 13.2 Å². The van der Waals surface area contributed by atoms with Crippen molar-refractivity contribution in [1.82, 2.24) is 5.32 Å². The van der Waals surface area contributed by atoms with Gasteiger partial charge in [0.1, 0.15) is 17.7 Å². The van der Waals surface area contributed by atoms with Gasteiger partial charge >= 0.3 is 0 Å². The van der Waals surface area contributed by atoms with Crippen LogP contribution in [0.3, 0.4) is 0 Å². The van der Waals surface area contributed by atoms with E-state index >= 15 is 0 Å². The van der Waals surface area contributed by atoms with E-state index in [1.807, 2.05) is 6.92 Å². The topological polar surface area (TPSA) is 41.5 Å². The minimum atomic E-state index is -0.214. The molecule has 19 heavy (non-hydrogen) atoms. The summed E-state index contributed by atoms with van der Waals surface area (Å²) in [6.07, 6.45) is 2.68. The van der Waals surface area contributed by atoms with Crippen LogP contribution < -0.4 is 10.1 Å². The highest BCUT2D eigenvalue weighted by Crippen LogP contribution is 2.32. The number of aliphatic hydroxyl groups is 1. The van der Waals surface area contributed by atoms with E-state index in [9.17, 15) is 9.50 Å². The predicted octanol–water partition coefficient (Wildman–Crippen LogP) is 2.41. The molecule has 2 atom stereocenters. The predicted molar refractivity (Wildman–Crippen MR) is 72.9 cm³/mol. The number of aryl methyl sites for hydroxylation is 1. The smallest absolute Gasteiger partial charge is 0.126 e. The summed E-state index contributed by atoms with van der Waals surface area (Å²) in [5.41, 5.74) is 0.379. The summed E-state index contributed by atoms with van der Waals surface area (Å²) in [6.45, 7) is 4.73. The molecule has 1 saturated carbocycles. The number of nitrogens with one attached hydrogen (secondary N) is 1. The fraction of sp³-hybridized carbons (Fsp3) is 0.600.